The van der Waals surface area contributed by atoms with E-state index in [0.717, 1.165) is 24.8 Å². The molecule has 0 unspecified atom stereocenters. The van der Waals surface area contributed by atoms with Crippen molar-refractivity contribution in [2.75, 3.05) is 4.72 Å². The summed E-state index contributed by atoms with van der Waals surface area (Å²) in [4.78, 5) is 0.358. The van der Waals surface area contributed by atoms with Crippen molar-refractivity contribution in [1.29, 1.82) is 0 Å². The van der Waals surface area contributed by atoms with E-state index in [0.29, 0.717) is 10.6 Å². The normalized spacial score (nSPS) is 14.6. The largest absolute Gasteiger partial charge is 0.279 e. The SMILES string of the molecule is CC(C)c1ccccc1NS(=O)(=O)c1ccc2c(c1)CCCC2. The molecule has 2 aromatic rings. The Hall–Kier alpha value is -1.81. The van der Waals surface area contributed by atoms with Crippen LogP contribution in [0.5, 0.6) is 0 Å². The molecule has 23 heavy (non-hydrogen) atoms. The lowest BCUT2D eigenvalue weighted by atomic mass is 9.92. The molecule has 2 aromatic carbocycles. The first-order chi connectivity index (χ1) is 11.0. The molecule has 0 heterocycles. The van der Waals surface area contributed by atoms with Crippen LogP contribution in [0.1, 0.15) is 49.3 Å². The molecule has 3 nitrogen and oxygen atoms in total. The zero-order valence-corrected chi connectivity index (χ0v) is 14.5. The highest BCUT2D eigenvalue weighted by atomic mass is 32.2. The van der Waals surface area contributed by atoms with Gasteiger partial charge < -0.3 is 0 Å². The van der Waals surface area contributed by atoms with Crippen molar-refractivity contribution in [3.8, 4) is 0 Å². The minimum atomic E-state index is -3.55. The highest BCUT2D eigenvalue weighted by Crippen LogP contribution is 2.28. The van der Waals surface area contributed by atoms with Gasteiger partial charge in [-0.05, 0) is 66.5 Å². The maximum Gasteiger partial charge on any atom is 0.261 e. The first-order valence-electron chi connectivity index (χ1n) is 8.21. The fraction of sp³-hybridized carbons (Fsp3) is 0.368. The van der Waals surface area contributed by atoms with Gasteiger partial charge in [-0.15, -0.1) is 0 Å². The molecule has 1 aliphatic carbocycles. The monoisotopic (exact) mass is 329 g/mol. The Bertz CT molecular complexity index is 810. The van der Waals surface area contributed by atoms with Crippen molar-refractivity contribution < 1.29 is 8.42 Å². The lowest BCUT2D eigenvalue weighted by Crippen LogP contribution is -2.15. The lowest BCUT2D eigenvalue weighted by molar-refractivity contribution is 0.600. The molecule has 0 spiro atoms. The molecule has 0 saturated heterocycles. The molecule has 0 aliphatic heterocycles. The zero-order valence-electron chi connectivity index (χ0n) is 13.7. The predicted molar refractivity (Wildman–Crippen MR) is 94.4 cm³/mol. The van der Waals surface area contributed by atoms with E-state index >= 15 is 0 Å². The topological polar surface area (TPSA) is 46.2 Å². The molecular weight excluding hydrogens is 306 g/mol. The Morgan fingerprint density at radius 2 is 1.65 bits per heavy atom. The number of anilines is 1. The summed E-state index contributed by atoms with van der Waals surface area (Å²) >= 11 is 0. The van der Waals surface area contributed by atoms with Crippen LogP contribution in [0, 0.1) is 0 Å². The summed E-state index contributed by atoms with van der Waals surface area (Å²) in [6.07, 6.45) is 4.36. The van der Waals surface area contributed by atoms with E-state index in [9.17, 15) is 8.42 Å². The van der Waals surface area contributed by atoms with Crippen molar-refractivity contribution in [2.24, 2.45) is 0 Å². The third kappa shape index (κ3) is 3.42. The van der Waals surface area contributed by atoms with Gasteiger partial charge in [0.05, 0.1) is 10.6 Å². The summed E-state index contributed by atoms with van der Waals surface area (Å²) in [5, 5.41) is 0. The lowest BCUT2D eigenvalue weighted by Gasteiger charge is -2.18. The maximum absolute atomic E-state index is 12.8. The summed E-state index contributed by atoms with van der Waals surface area (Å²) in [6, 6.07) is 13.1. The molecule has 0 saturated carbocycles. The van der Waals surface area contributed by atoms with Crippen LogP contribution in [-0.4, -0.2) is 8.42 Å². The van der Waals surface area contributed by atoms with Crippen LogP contribution in [-0.2, 0) is 22.9 Å². The summed E-state index contributed by atoms with van der Waals surface area (Å²) in [5.74, 6) is 0.262. The average molecular weight is 329 g/mol. The molecule has 4 heteroatoms. The average Bonchev–Trinajstić information content (AvgIpc) is 2.54. The minimum absolute atomic E-state index is 0.262. The van der Waals surface area contributed by atoms with Crippen molar-refractivity contribution >= 4 is 15.7 Å². The van der Waals surface area contributed by atoms with Crippen molar-refractivity contribution in [3.05, 3.63) is 59.2 Å². The van der Waals surface area contributed by atoms with Gasteiger partial charge >= 0.3 is 0 Å². The molecule has 0 amide bonds. The second-order valence-corrected chi connectivity index (χ2v) is 8.17. The van der Waals surface area contributed by atoms with Crippen LogP contribution in [0.15, 0.2) is 47.4 Å². The van der Waals surface area contributed by atoms with E-state index in [4.69, 9.17) is 0 Å². The van der Waals surface area contributed by atoms with E-state index in [1.165, 1.54) is 17.5 Å². The Labute approximate surface area is 138 Å². The molecule has 0 aromatic heterocycles. The Morgan fingerprint density at radius 1 is 0.957 bits per heavy atom. The van der Waals surface area contributed by atoms with Gasteiger partial charge in [-0.2, -0.15) is 0 Å². The van der Waals surface area contributed by atoms with E-state index in [2.05, 4.69) is 18.6 Å². The third-order valence-electron chi connectivity index (χ3n) is 4.46. The quantitative estimate of drug-likeness (QED) is 0.898. The molecule has 0 radical (unpaired) electrons. The minimum Gasteiger partial charge on any atom is -0.279 e. The van der Waals surface area contributed by atoms with Gasteiger partial charge in [0.25, 0.3) is 10.0 Å². The molecular formula is C19H23NO2S. The summed E-state index contributed by atoms with van der Waals surface area (Å²) < 4.78 is 28.3. The number of fused-ring (bicyclic) bond motifs is 1. The number of aryl methyl sites for hydroxylation is 2. The molecule has 1 N–H and O–H groups in total. The Morgan fingerprint density at radius 3 is 2.39 bits per heavy atom. The van der Waals surface area contributed by atoms with Crippen LogP contribution in [0.4, 0.5) is 5.69 Å². The van der Waals surface area contributed by atoms with E-state index < -0.39 is 10.0 Å². The smallest absolute Gasteiger partial charge is 0.261 e. The molecule has 0 fully saturated rings. The van der Waals surface area contributed by atoms with Crippen LogP contribution >= 0.6 is 0 Å². The maximum atomic E-state index is 12.8. The summed E-state index contributed by atoms with van der Waals surface area (Å²) in [7, 11) is -3.55. The van der Waals surface area contributed by atoms with Gasteiger partial charge in [-0.3, -0.25) is 4.72 Å². The number of sulfonamides is 1. The van der Waals surface area contributed by atoms with Crippen LogP contribution in [0.25, 0.3) is 0 Å². The number of rotatable bonds is 4. The number of hydrogen-bond donors (Lipinski definition) is 1. The highest BCUT2D eigenvalue weighted by molar-refractivity contribution is 7.92. The number of benzene rings is 2. The highest BCUT2D eigenvalue weighted by Gasteiger charge is 2.19. The zero-order chi connectivity index (χ0) is 16.4. The van der Waals surface area contributed by atoms with Crippen LogP contribution in [0.2, 0.25) is 0 Å². The van der Waals surface area contributed by atoms with E-state index in [1.54, 1.807) is 6.07 Å². The first-order valence-corrected chi connectivity index (χ1v) is 9.69. The number of nitrogens with one attached hydrogen (secondary N) is 1. The molecule has 0 bridgehead atoms. The Kier molecular flexibility index (Phi) is 4.44. The van der Waals surface area contributed by atoms with E-state index in [1.807, 2.05) is 36.4 Å². The van der Waals surface area contributed by atoms with Crippen molar-refractivity contribution in [3.63, 3.8) is 0 Å². The van der Waals surface area contributed by atoms with Crippen LogP contribution < -0.4 is 4.72 Å². The van der Waals surface area contributed by atoms with Gasteiger partial charge in [-0.25, -0.2) is 8.42 Å². The molecule has 3 rings (SSSR count). The third-order valence-corrected chi connectivity index (χ3v) is 5.82. The van der Waals surface area contributed by atoms with E-state index in [-0.39, 0.29) is 5.92 Å². The molecule has 122 valence electrons. The molecule has 1 aliphatic rings. The number of para-hydroxylation sites is 1. The predicted octanol–water partition coefficient (Wildman–Crippen LogP) is 4.49. The summed E-state index contributed by atoms with van der Waals surface area (Å²) in [5.41, 5.74) is 4.14. The van der Waals surface area contributed by atoms with Gasteiger partial charge in [0.1, 0.15) is 0 Å². The van der Waals surface area contributed by atoms with Gasteiger partial charge in [0.2, 0.25) is 0 Å². The van der Waals surface area contributed by atoms with Crippen molar-refractivity contribution in [2.45, 2.75) is 50.3 Å². The van der Waals surface area contributed by atoms with Gasteiger partial charge in [0, 0.05) is 0 Å². The van der Waals surface area contributed by atoms with Gasteiger partial charge in [0.15, 0.2) is 0 Å². The second kappa shape index (κ2) is 6.36. The number of hydrogen-bond acceptors (Lipinski definition) is 2. The fourth-order valence-electron chi connectivity index (χ4n) is 3.17. The van der Waals surface area contributed by atoms with Gasteiger partial charge in [-0.1, -0.05) is 38.1 Å². The Balaban J connectivity index is 1.94. The second-order valence-electron chi connectivity index (χ2n) is 6.49. The van der Waals surface area contributed by atoms with Crippen molar-refractivity contribution in [1.82, 2.24) is 0 Å². The van der Waals surface area contributed by atoms with Crippen LogP contribution in [0.3, 0.4) is 0 Å². The standard InChI is InChI=1S/C19H23NO2S/c1-14(2)18-9-5-6-10-19(18)20-23(21,22)17-12-11-15-7-3-4-8-16(15)13-17/h5-6,9-14,20H,3-4,7-8H2,1-2H3. The fourth-order valence-corrected chi connectivity index (χ4v) is 4.31. The first kappa shape index (κ1) is 16.1. The summed E-state index contributed by atoms with van der Waals surface area (Å²) in [6.45, 7) is 4.12. The molecule has 0 atom stereocenters.